The van der Waals surface area contributed by atoms with Gasteiger partial charge in [0.2, 0.25) is 10.0 Å². The van der Waals surface area contributed by atoms with Crippen LogP contribution in [0.25, 0.3) is 0 Å². The highest BCUT2D eigenvalue weighted by Crippen LogP contribution is 2.22. The second-order valence-electron chi connectivity index (χ2n) is 5.42. The first-order valence-corrected chi connectivity index (χ1v) is 9.02. The van der Waals surface area contributed by atoms with Crippen LogP contribution in [0, 0.1) is 11.3 Å². The highest BCUT2D eigenvalue weighted by molar-refractivity contribution is 7.92. The molecule has 0 radical (unpaired) electrons. The first-order chi connectivity index (χ1) is 11.9. The topological polar surface area (TPSA) is 107 Å². The third kappa shape index (κ3) is 3.36. The number of imide groups is 1. The van der Waals surface area contributed by atoms with Gasteiger partial charge in [0.05, 0.1) is 28.5 Å². The van der Waals surface area contributed by atoms with Gasteiger partial charge in [-0.2, -0.15) is 5.26 Å². The Labute approximate surface area is 144 Å². The Morgan fingerprint density at radius 2 is 1.64 bits per heavy atom. The Bertz CT molecular complexity index is 974. The molecule has 0 atom stereocenters. The highest BCUT2D eigenvalue weighted by atomic mass is 32.2. The second-order valence-corrected chi connectivity index (χ2v) is 7.26. The van der Waals surface area contributed by atoms with Crippen molar-refractivity contribution in [3.63, 3.8) is 0 Å². The van der Waals surface area contributed by atoms with Gasteiger partial charge in [0.15, 0.2) is 0 Å². The fraction of sp³-hybridized carbons (Fsp3) is 0.118. The lowest BCUT2D eigenvalue weighted by Gasteiger charge is -2.14. The maximum Gasteiger partial charge on any atom is 0.261 e. The van der Waals surface area contributed by atoms with E-state index in [-0.39, 0.29) is 23.4 Å². The number of carbonyl (C=O) groups is 2. The lowest BCUT2D eigenvalue weighted by Crippen LogP contribution is -2.35. The van der Waals surface area contributed by atoms with Gasteiger partial charge in [-0.3, -0.25) is 19.2 Å². The summed E-state index contributed by atoms with van der Waals surface area (Å²) in [5.74, 6) is -1.43. The molecule has 8 heteroatoms. The Kier molecular flexibility index (Phi) is 4.25. The number of hydrogen-bond acceptors (Lipinski definition) is 5. The molecule has 0 bridgehead atoms. The molecule has 0 aliphatic carbocycles. The van der Waals surface area contributed by atoms with E-state index in [0.717, 1.165) is 4.90 Å². The van der Waals surface area contributed by atoms with Crippen molar-refractivity contribution in [2.24, 2.45) is 0 Å². The number of fused-ring (bicyclic) bond motifs is 1. The van der Waals surface area contributed by atoms with Crippen LogP contribution in [0.2, 0.25) is 0 Å². The minimum Gasteiger partial charge on any atom is -0.283 e. The van der Waals surface area contributed by atoms with Crippen molar-refractivity contribution in [3.05, 3.63) is 65.2 Å². The predicted molar refractivity (Wildman–Crippen MR) is 90.4 cm³/mol. The number of rotatable bonds is 5. The van der Waals surface area contributed by atoms with Gasteiger partial charge in [0, 0.05) is 12.2 Å². The number of carbonyl (C=O) groups excluding carboxylic acids is 2. The van der Waals surface area contributed by atoms with Crippen LogP contribution >= 0.6 is 0 Å². The number of nitriles is 1. The first kappa shape index (κ1) is 16.7. The third-order valence-corrected chi connectivity index (χ3v) is 4.99. The molecule has 0 fully saturated rings. The average molecular weight is 355 g/mol. The molecule has 2 aromatic rings. The second kappa shape index (κ2) is 6.37. The zero-order valence-corrected chi connectivity index (χ0v) is 13.8. The lowest BCUT2D eigenvalue weighted by molar-refractivity contribution is 0.0664. The van der Waals surface area contributed by atoms with Crippen molar-refractivity contribution in [1.29, 1.82) is 5.26 Å². The SMILES string of the molecule is N#Cc1cccc(NS(=O)(=O)CCN2C(=O)c3ccccc3C2=O)c1. The Morgan fingerprint density at radius 3 is 2.24 bits per heavy atom. The number of benzene rings is 2. The normalized spacial score (nSPS) is 13.5. The standard InChI is InChI=1S/C17H13N3O4S/c18-11-12-4-3-5-13(10-12)19-25(23,24)9-8-20-16(21)14-6-1-2-7-15(14)17(20)22/h1-7,10,19H,8-9H2. The molecule has 0 aromatic heterocycles. The number of nitrogens with zero attached hydrogens (tertiary/aromatic N) is 2. The molecular weight excluding hydrogens is 342 g/mol. The van der Waals surface area contributed by atoms with E-state index in [4.69, 9.17) is 5.26 Å². The summed E-state index contributed by atoms with van der Waals surface area (Å²) in [7, 11) is -3.79. The van der Waals surface area contributed by atoms with Crippen molar-refractivity contribution in [2.45, 2.75) is 0 Å². The van der Waals surface area contributed by atoms with E-state index in [1.165, 1.54) is 24.3 Å². The molecule has 2 amide bonds. The molecule has 1 heterocycles. The van der Waals surface area contributed by atoms with Gasteiger partial charge >= 0.3 is 0 Å². The molecule has 3 rings (SSSR count). The summed E-state index contributed by atoms with van der Waals surface area (Å²) in [6, 6.07) is 14.3. The fourth-order valence-corrected chi connectivity index (χ4v) is 3.55. The van der Waals surface area contributed by atoms with Crippen molar-refractivity contribution >= 4 is 27.5 Å². The largest absolute Gasteiger partial charge is 0.283 e. The molecule has 1 aliphatic rings. The van der Waals surface area contributed by atoms with Crippen molar-refractivity contribution in [3.8, 4) is 6.07 Å². The predicted octanol–water partition coefficient (Wildman–Crippen LogP) is 1.60. The van der Waals surface area contributed by atoms with E-state index in [2.05, 4.69) is 4.72 Å². The van der Waals surface area contributed by atoms with Crippen LogP contribution in [0.5, 0.6) is 0 Å². The van der Waals surface area contributed by atoms with E-state index in [1.54, 1.807) is 24.3 Å². The molecule has 25 heavy (non-hydrogen) atoms. The molecule has 7 nitrogen and oxygen atoms in total. The van der Waals surface area contributed by atoms with Crippen molar-refractivity contribution in [2.75, 3.05) is 17.0 Å². The summed E-state index contributed by atoms with van der Waals surface area (Å²) in [6.07, 6.45) is 0. The maximum atomic E-state index is 12.2. The molecule has 1 N–H and O–H groups in total. The quantitative estimate of drug-likeness (QED) is 0.820. The van der Waals surface area contributed by atoms with Crippen LogP contribution in [0.4, 0.5) is 5.69 Å². The van der Waals surface area contributed by atoms with Crippen LogP contribution in [-0.2, 0) is 10.0 Å². The Morgan fingerprint density at radius 1 is 1.00 bits per heavy atom. The van der Waals surface area contributed by atoms with Crippen molar-refractivity contribution in [1.82, 2.24) is 4.90 Å². The Hall–Kier alpha value is -3.18. The van der Waals surface area contributed by atoms with Gasteiger partial charge in [0.1, 0.15) is 0 Å². The summed E-state index contributed by atoms with van der Waals surface area (Å²) in [6.45, 7) is -0.250. The van der Waals surface area contributed by atoms with Crippen LogP contribution in [0.3, 0.4) is 0 Å². The molecule has 0 saturated heterocycles. The molecule has 0 unspecified atom stereocenters. The lowest BCUT2D eigenvalue weighted by atomic mass is 10.1. The summed E-state index contributed by atoms with van der Waals surface area (Å²) in [4.78, 5) is 25.4. The highest BCUT2D eigenvalue weighted by Gasteiger charge is 2.35. The van der Waals surface area contributed by atoms with E-state index in [9.17, 15) is 18.0 Å². The van der Waals surface area contributed by atoms with Gasteiger partial charge in [-0.25, -0.2) is 8.42 Å². The van der Waals surface area contributed by atoms with Crippen LogP contribution in [-0.4, -0.2) is 37.4 Å². The fourth-order valence-electron chi connectivity index (χ4n) is 2.54. The zero-order valence-electron chi connectivity index (χ0n) is 13.0. The number of anilines is 1. The molecule has 2 aromatic carbocycles. The summed E-state index contributed by atoms with van der Waals surface area (Å²) < 4.78 is 26.7. The first-order valence-electron chi connectivity index (χ1n) is 7.37. The number of sulfonamides is 1. The zero-order chi connectivity index (χ0) is 18.0. The van der Waals surface area contributed by atoms with Crippen molar-refractivity contribution < 1.29 is 18.0 Å². The van der Waals surface area contributed by atoms with Crippen LogP contribution in [0.15, 0.2) is 48.5 Å². The van der Waals surface area contributed by atoms with Gasteiger partial charge in [-0.05, 0) is 30.3 Å². The number of nitrogens with one attached hydrogen (secondary N) is 1. The van der Waals surface area contributed by atoms with E-state index < -0.39 is 27.6 Å². The third-order valence-electron chi connectivity index (χ3n) is 3.73. The average Bonchev–Trinajstić information content (AvgIpc) is 2.84. The number of hydrogen-bond donors (Lipinski definition) is 1. The van der Waals surface area contributed by atoms with E-state index >= 15 is 0 Å². The van der Waals surface area contributed by atoms with Crippen LogP contribution < -0.4 is 4.72 Å². The minimum absolute atomic E-state index is 0.250. The van der Waals surface area contributed by atoms with Gasteiger partial charge in [-0.1, -0.05) is 18.2 Å². The Balaban J connectivity index is 1.70. The van der Waals surface area contributed by atoms with E-state index in [1.807, 2.05) is 6.07 Å². The summed E-state index contributed by atoms with van der Waals surface area (Å²) >= 11 is 0. The minimum atomic E-state index is -3.79. The molecule has 0 saturated carbocycles. The van der Waals surface area contributed by atoms with Gasteiger partial charge in [0.25, 0.3) is 11.8 Å². The smallest absolute Gasteiger partial charge is 0.261 e. The molecule has 1 aliphatic heterocycles. The molecular formula is C17H13N3O4S. The van der Waals surface area contributed by atoms with E-state index in [0.29, 0.717) is 5.56 Å². The van der Waals surface area contributed by atoms with Gasteiger partial charge in [-0.15, -0.1) is 0 Å². The monoisotopic (exact) mass is 355 g/mol. The van der Waals surface area contributed by atoms with Gasteiger partial charge < -0.3 is 0 Å². The maximum absolute atomic E-state index is 12.2. The summed E-state index contributed by atoms with van der Waals surface area (Å²) in [5.41, 5.74) is 1.13. The van der Waals surface area contributed by atoms with Crippen LogP contribution in [0.1, 0.15) is 26.3 Å². The molecule has 126 valence electrons. The summed E-state index contributed by atoms with van der Waals surface area (Å²) in [5, 5.41) is 8.84. The number of amides is 2. The molecule has 0 spiro atoms.